The van der Waals surface area contributed by atoms with Gasteiger partial charge in [-0.1, -0.05) is 12.1 Å². The van der Waals surface area contributed by atoms with E-state index in [1.165, 1.54) is 34.7 Å². The van der Waals surface area contributed by atoms with Crippen LogP contribution >= 0.6 is 35.3 Å². The number of hydrogen-bond acceptors (Lipinski definition) is 4. The molecule has 2 fully saturated rings. The van der Waals surface area contributed by atoms with Crippen LogP contribution in [-0.2, 0) is 0 Å². The number of hydrogen-bond donors (Lipinski definition) is 1. The monoisotopic (exact) mass is 361 g/mol. The van der Waals surface area contributed by atoms with E-state index in [1.807, 2.05) is 0 Å². The number of H-pyrrole nitrogens is 1. The van der Waals surface area contributed by atoms with Gasteiger partial charge in [0.1, 0.15) is 5.75 Å². The molecule has 5 rings (SSSR count). The minimum Gasteiger partial charge on any atom is -0.497 e. The average molecular weight is 362 g/mol. The molecule has 0 amide bonds. The maximum Gasteiger partial charge on any atom is 0.159 e. The number of thioether (sulfide) groups is 1. The molecule has 1 aromatic heterocycles. The van der Waals surface area contributed by atoms with Gasteiger partial charge in [-0.15, -0.1) is 23.1 Å². The predicted octanol–water partition coefficient (Wildman–Crippen LogP) is 5.47. The molecule has 120 valence electrons. The molecule has 2 nitrogen and oxygen atoms in total. The van der Waals surface area contributed by atoms with Crippen LogP contribution in [0.25, 0.3) is 0 Å². The van der Waals surface area contributed by atoms with E-state index < -0.39 is 0 Å². The fraction of sp³-hybridized carbons (Fsp3) is 0.500. The van der Waals surface area contributed by atoms with Crippen molar-refractivity contribution in [3.63, 3.8) is 0 Å². The molecule has 2 aliphatic carbocycles. The maximum absolute atomic E-state index is 5.46. The maximum atomic E-state index is 5.46. The average Bonchev–Trinajstić information content (AvgIpc) is 3.26. The normalized spacial score (nSPS) is 34.2. The fourth-order valence-electron chi connectivity index (χ4n) is 5.03. The standard InChI is InChI=1S/C18H19NOS3/c1-20-12-6-4-9(5-7-12)13-14-10-2-3-11(8-10)15(14)22-17-16(13)23-18(21)19-17/h4-7,10-11,13-15H,2-3,8H2,1H3,(H,19,21)/t10-,11+,13+,14+,15+/m0/s1. The van der Waals surface area contributed by atoms with Crippen LogP contribution in [0.5, 0.6) is 5.75 Å². The molecule has 1 aromatic carbocycles. The molecule has 2 heterocycles. The van der Waals surface area contributed by atoms with E-state index in [-0.39, 0.29) is 0 Å². The lowest BCUT2D eigenvalue weighted by atomic mass is 9.75. The van der Waals surface area contributed by atoms with Gasteiger partial charge < -0.3 is 9.72 Å². The first-order valence-electron chi connectivity index (χ1n) is 8.28. The Bertz CT molecular complexity index is 793. The third-order valence-electron chi connectivity index (χ3n) is 5.94. The summed E-state index contributed by atoms with van der Waals surface area (Å²) in [4.78, 5) is 4.93. The lowest BCUT2D eigenvalue weighted by molar-refractivity contribution is 0.307. The van der Waals surface area contributed by atoms with Crippen molar-refractivity contribution in [2.75, 3.05) is 7.11 Å². The van der Waals surface area contributed by atoms with Gasteiger partial charge in [0.25, 0.3) is 0 Å². The Morgan fingerprint density at radius 3 is 2.74 bits per heavy atom. The highest BCUT2D eigenvalue weighted by Crippen LogP contribution is 2.64. The van der Waals surface area contributed by atoms with Gasteiger partial charge in [-0.25, -0.2) is 0 Å². The van der Waals surface area contributed by atoms with E-state index in [9.17, 15) is 0 Å². The quantitative estimate of drug-likeness (QED) is 0.718. The van der Waals surface area contributed by atoms with Gasteiger partial charge in [0.15, 0.2) is 3.95 Å². The number of rotatable bonds is 2. The topological polar surface area (TPSA) is 25.0 Å². The second kappa shape index (κ2) is 5.36. The second-order valence-electron chi connectivity index (χ2n) is 6.95. The van der Waals surface area contributed by atoms with Gasteiger partial charge in [-0.05, 0) is 66.9 Å². The van der Waals surface area contributed by atoms with Gasteiger partial charge >= 0.3 is 0 Å². The number of thiazole rings is 1. The van der Waals surface area contributed by atoms with Crippen molar-refractivity contribution in [1.29, 1.82) is 0 Å². The number of methoxy groups -OCH3 is 1. The molecule has 0 radical (unpaired) electrons. The number of ether oxygens (including phenoxy) is 1. The Morgan fingerprint density at radius 2 is 1.96 bits per heavy atom. The molecule has 3 aliphatic rings. The minimum absolute atomic E-state index is 0.510. The molecule has 2 aromatic rings. The molecule has 2 bridgehead atoms. The number of aromatic nitrogens is 1. The largest absolute Gasteiger partial charge is 0.497 e. The van der Waals surface area contributed by atoms with Crippen molar-refractivity contribution in [3.8, 4) is 5.75 Å². The van der Waals surface area contributed by atoms with E-state index in [1.54, 1.807) is 18.4 Å². The molecule has 1 N–H and O–H groups in total. The zero-order valence-electron chi connectivity index (χ0n) is 13.0. The minimum atomic E-state index is 0.510. The highest BCUT2D eigenvalue weighted by Gasteiger charge is 2.54. The zero-order chi connectivity index (χ0) is 15.6. The van der Waals surface area contributed by atoms with Crippen LogP contribution in [0.4, 0.5) is 0 Å². The molecule has 1 aliphatic heterocycles. The van der Waals surface area contributed by atoms with Crippen LogP contribution < -0.4 is 4.74 Å². The van der Waals surface area contributed by atoms with Gasteiger partial charge in [-0.3, -0.25) is 0 Å². The molecule has 5 heteroatoms. The summed E-state index contributed by atoms with van der Waals surface area (Å²) in [6.07, 6.45) is 4.28. The van der Waals surface area contributed by atoms with E-state index in [2.05, 4.69) is 41.0 Å². The van der Waals surface area contributed by atoms with Crippen molar-refractivity contribution in [2.45, 2.75) is 35.5 Å². The predicted molar refractivity (Wildman–Crippen MR) is 98.3 cm³/mol. The van der Waals surface area contributed by atoms with Crippen LogP contribution in [0.3, 0.4) is 0 Å². The zero-order valence-corrected chi connectivity index (χ0v) is 15.4. The molecule has 0 spiro atoms. The van der Waals surface area contributed by atoms with Crippen molar-refractivity contribution in [1.82, 2.24) is 4.98 Å². The van der Waals surface area contributed by atoms with Crippen molar-refractivity contribution in [3.05, 3.63) is 38.7 Å². The van der Waals surface area contributed by atoms with Crippen molar-refractivity contribution >= 4 is 35.3 Å². The van der Waals surface area contributed by atoms with Crippen LogP contribution in [0.1, 0.15) is 35.6 Å². The number of aromatic amines is 1. The van der Waals surface area contributed by atoms with Gasteiger partial charge in [0.05, 0.1) is 12.1 Å². The lowest BCUT2D eigenvalue weighted by Gasteiger charge is -2.40. The molecule has 2 saturated carbocycles. The second-order valence-corrected chi connectivity index (χ2v) is 9.86. The Kier molecular flexibility index (Phi) is 3.39. The first-order valence-corrected chi connectivity index (χ1v) is 10.4. The van der Waals surface area contributed by atoms with Crippen LogP contribution in [0.15, 0.2) is 29.3 Å². The Labute approximate surface area is 149 Å². The summed E-state index contributed by atoms with van der Waals surface area (Å²) in [5.74, 6) is 4.03. The number of nitrogens with one attached hydrogen (secondary N) is 1. The first kappa shape index (κ1) is 14.6. The van der Waals surface area contributed by atoms with Crippen LogP contribution in [-0.4, -0.2) is 17.3 Å². The summed E-state index contributed by atoms with van der Waals surface area (Å²) in [6.45, 7) is 0. The van der Waals surface area contributed by atoms with Crippen molar-refractivity contribution < 1.29 is 4.74 Å². The van der Waals surface area contributed by atoms with E-state index in [0.717, 1.165) is 32.7 Å². The molecule has 0 saturated heterocycles. The molecule has 23 heavy (non-hydrogen) atoms. The summed E-state index contributed by atoms with van der Waals surface area (Å²) in [7, 11) is 1.73. The molecule has 5 atom stereocenters. The Hall–Kier alpha value is -0.780. The highest BCUT2D eigenvalue weighted by molar-refractivity contribution is 8.00. The fourth-order valence-corrected chi connectivity index (χ4v) is 8.37. The summed E-state index contributed by atoms with van der Waals surface area (Å²) in [5.41, 5.74) is 1.43. The van der Waals surface area contributed by atoms with Crippen LogP contribution in [0.2, 0.25) is 0 Å². The third kappa shape index (κ3) is 2.16. The number of fused-ring (bicyclic) bond motifs is 6. The highest BCUT2D eigenvalue weighted by atomic mass is 32.2. The lowest BCUT2D eigenvalue weighted by Crippen LogP contribution is -2.33. The summed E-state index contributed by atoms with van der Waals surface area (Å²) in [6, 6.07) is 8.72. The van der Waals surface area contributed by atoms with E-state index in [0.29, 0.717) is 5.92 Å². The van der Waals surface area contributed by atoms with E-state index in [4.69, 9.17) is 17.0 Å². The van der Waals surface area contributed by atoms with Gasteiger partial charge in [0.2, 0.25) is 0 Å². The summed E-state index contributed by atoms with van der Waals surface area (Å²) < 4.78 is 6.27. The first-order chi connectivity index (χ1) is 11.2. The Morgan fingerprint density at radius 1 is 1.17 bits per heavy atom. The van der Waals surface area contributed by atoms with Crippen LogP contribution in [0, 0.1) is 21.7 Å². The summed E-state index contributed by atoms with van der Waals surface area (Å²) in [5, 5.41) is 2.11. The van der Waals surface area contributed by atoms with Gasteiger partial charge in [-0.2, -0.15) is 0 Å². The summed E-state index contributed by atoms with van der Waals surface area (Å²) >= 11 is 9.33. The third-order valence-corrected chi connectivity index (χ3v) is 8.92. The molecular weight excluding hydrogens is 342 g/mol. The van der Waals surface area contributed by atoms with E-state index >= 15 is 0 Å². The smallest absolute Gasteiger partial charge is 0.159 e. The molecular formula is C18H19NOS3. The Balaban J connectivity index is 1.64. The number of benzene rings is 1. The SMILES string of the molecule is COc1ccc([C@H]2c3sc(=S)[nH]c3S[C@@H]3[C@@H]4CC[C@@H](C4)[C@H]23)cc1. The van der Waals surface area contributed by atoms with Gasteiger partial charge in [0, 0.05) is 16.0 Å². The molecule has 0 unspecified atom stereocenters. The van der Waals surface area contributed by atoms with Crippen molar-refractivity contribution in [2.24, 2.45) is 17.8 Å².